The lowest BCUT2D eigenvalue weighted by Gasteiger charge is -2.47. The molecule has 1 saturated carbocycles. The number of amidine groups is 1. The fourth-order valence-corrected chi connectivity index (χ4v) is 3.72. The Morgan fingerprint density at radius 3 is 2.81 bits per heavy atom. The van der Waals surface area contributed by atoms with Crippen LogP contribution in [0.4, 0.5) is 5.69 Å². The van der Waals surface area contributed by atoms with Gasteiger partial charge in [-0.2, -0.15) is 0 Å². The molecule has 0 aromatic heterocycles. The van der Waals surface area contributed by atoms with E-state index in [1.54, 1.807) is 0 Å². The van der Waals surface area contributed by atoms with Crippen LogP contribution in [0.15, 0.2) is 29.4 Å². The Morgan fingerprint density at radius 1 is 1.43 bits per heavy atom. The molecule has 5 heteroatoms. The van der Waals surface area contributed by atoms with E-state index in [2.05, 4.69) is 18.1 Å². The predicted molar refractivity (Wildman–Crippen MR) is 81.4 cm³/mol. The maximum atomic E-state index is 13.1. The Hall–Kier alpha value is -2.04. The minimum atomic E-state index is -0.821. The standard InChI is InChI=1S/C16H21N3O2/c1-11-9-16(10-11,14(17)18-21)15(20)19-8-4-6-12-5-2-3-7-13(12)19/h2-3,5,7,11,21H,4,6,8-10H2,1H3,(H2,17,18). The second-order valence-corrected chi connectivity index (χ2v) is 6.27. The molecule has 1 heterocycles. The van der Waals surface area contributed by atoms with Gasteiger partial charge >= 0.3 is 0 Å². The quantitative estimate of drug-likeness (QED) is 0.378. The first-order valence-electron chi connectivity index (χ1n) is 7.46. The van der Waals surface area contributed by atoms with E-state index >= 15 is 0 Å². The van der Waals surface area contributed by atoms with Gasteiger partial charge < -0.3 is 15.8 Å². The number of hydrogen-bond acceptors (Lipinski definition) is 3. The molecule has 3 N–H and O–H groups in total. The molecule has 0 radical (unpaired) electrons. The number of anilines is 1. The highest BCUT2D eigenvalue weighted by Crippen LogP contribution is 2.48. The van der Waals surface area contributed by atoms with Gasteiger partial charge in [-0.25, -0.2) is 0 Å². The molecule has 21 heavy (non-hydrogen) atoms. The normalized spacial score (nSPS) is 28.7. The van der Waals surface area contributed by atoms with Gasteiger partial charge in [-0.3, -0.25) is 4.79 Å². The van der Waals surface area contributed by atoms with Crippen molar-refractivity contribution in [2.24, 2.45) is 22.2 Å². The van der Waals surface area contributed by atoms with E-state index in [-0.39, 0.29) is 11.7 Å². The van der Waals surface area contributed by atoms with Crippen LogP contribution in [0.5, 0.6) is 0 Å². The van der Waals surface area contributed by atoms with Gasteiger partial charge in [0.2, 0.25) is 5.91 Å². The molecule has 0 bridgehead atoms. The summed E-state index contributed by atoms with van der Waals surface area (Å²) in [6, 6.07) is 7.99. The highest BCUT2D eigenvalue weighted by Gasteiger charge is 2.54. The zero-order valence-corrected chi connectivity index (χ0v) is 12.2. The number of nitrogens with zero attached hydrogens (tertiary/aromatic N) is 2. The zero-order valence-electron chi connectivity index (χ0n) is 12.2. The van der Waals surface area contributed by atoms with Crippen molar-refractivity contribution in [3.63, 3.8) is 0 Å². The van der Waals surface area contributed by atoms with Gasteiger partial charge in [0, 0.05) is 12.2 Å². The van der Waals surface area contributed by atoms with Gasteiger partial charge in [-0.1, -0.05) is 30.3 Å². The van der Waals surface area contributed by atoms with Crippen molar-refractivity contribution in [1.29, 1.82) is 0 Å². The lowest BCUT2D eigenvalue weighted by Crippen LogP contribution is -2.58. The Balaban J connectivity index is 1.96. The number of nitrogens with two attached hydrogens (primary N) is 1. The number of para-hydroxylation sites is 1. The zero-order chi connectivity index (χ0) is 15.0. The summed E-state index contributed by atoms with van der Waals surface area (Å²) in [5.74, 6) is 0.450. The van der Waals surface area contributed by atoms with E-state index in [0.29, 0.717) is 25.3 Å². The van der Waals surface area contributed by atoms with Crippen molar-refractivity contribution in [2.45, 2.75) is 32.6 Å². The number of carbonyl (C=O) groups excluding carboxylic acids is 1. The summed E-state index contributed by atoms with van der Waals surface area (Å²) >= 11 is 0. The second kappa shape index (κ2) is 5.06. The summed E-state index contributed by atoms with van der Waals surface area (Å²) in [4.78, 5) is 14.9. The van der Waals surface area contributed by atoms with E-state index in [4.69, 9.17) is 10.9 Å². The van der Waals surface area contributed by atoms with Crippen molar-refractivity contribution >= 4 is 17.4 Å². The average molecular weight is 287 g/mol. The van der Waals surface area contributed by atoms with Crippen LogP contribution in [0.25, 0.3) is 0 Å². The van der Waals surface area contributed by atoms with Crippen molar-refractivity contribution in [1.82, 2.24) is 0 Å². The third-order valence-corrected chi connectivity index (χ3v) is 4.76. The number of oxime groups is 1. The molecular formula is C16H21N3O2. The van der Waals surface area contributed by atoms with Gasteiger partial charge in [-0.15, -0.1) is 0 Å². The molecule has 0 spiro atoms. The van der Waals surface area contributed by atoms with Crippen LogP contribution in [0.3, 0.4) is 0 Å². The molecule has 1 fully saturated rings. The molecule has 0 atom stereocenters. The van der Waals surface area contributed by atoms with Crippen LogP contribution in [-0.2, 0) is 11.2 Å². The topological polar surface area (TPSA) is 78.9 Å². The van der Waals surface area contributed by atoms with E-state index in [1.807, 2.05) is 23.1 Å². The summed E-state index contributed by atoms with van der Waals surface area (Å²) in [7, 11) is 0. The molecule has 0 unspecified atom stereocenters. The number of benzene rings is 1. The molecule has 0 saturated heterocycles. The smallest absolute Gasteiger partial charge is 0.240 e. The minimum absolute atomic E-state index is 0.0250. The van der Waals surface area contributed by atoms with Crippen LogP contribution in [0, 0.1) is 11.3 Å². The fraction of sp³-hybridized carbons (Fsp3) is 0.500. The van der Waals surface area contributed by atoms with Crippen LogP contribution in [0.2, 0.25) is 0 Å². The lowest BCUT2D eigenvalue weighted by atomic mass is 9.61. The second-order valence-electron chi connectivity index (χ2n) is 6.27. The number of carbonyl (C=O) groups is 1. The molecule has 1 aliphatic heterocycles. The predicted octanol–water partition coefficient (Wildman–Crippen LogP) is 2.13. The van der Waals surface area contributed by atoms with Crippen LogP contribution >= 0.6 is 0 Å². The maximum absolute atomic E-state index is 13.1. The number of fused-ring (bicyclic) bond motifs is 1. The van der Waals surface area contributed by atoms with Gasteiger partial charge in [0.25, 0.3) is 0 Å². The Kier molecular flexibility index (Phi) is 3.35. The number of aryl methyl sites for hydroxylation is 1. The number of hydrogen-bond donors (Lipinski definition) is 2. The molecule has 2 aliphatic rings. The monoisotopic (exact) mass is 287 g/mol. The SMILES string of the molecule is CC1CC(C(=O)N2CCCc3ccccc32)(/C(N)=N/O)C1. The molecule has 112 valence electrons. The third-order valence-electron chi connectivity index (χ3n) is 4.76. The minimum Gasteiger partial charge on any atom is -0.409 e. The Labute approximate surface area is 124 Å². The van der Waals surface area contributed by atoms with Gasteiger partial charge in [0.1, 0.15) is 5.41 Å². The highest BCUT2D eigenvalue weighted by atomic mass is 16.4. The summed E-state index contributed by atoms with van der Waals surface area (Å²) < 4.78 is 0. The van der Waals surface area contributed by atoms with Crippen molar-refractivity contribution in [3.8, 4) is 0 Å². The number of rotatable bonds is 2. The van der Waals surface area contributed by atoms with Crippen molar-refractivity contribution in [3.05, 3.63) is 29.8 Å². The summed E-state index contributed by atoms with van der Waals surface area (Å²) in [5, 5.41) is 12.2. The summed E-state index contributed by atoms with van der Waals surface area (Å²) in [6.07, 6.45) is 3.25. The van der Waals surface area contributed by atoms with Crippen molar-refractivity contribution < 1.29 is 10.0 Å². The van der Waals surface area contributed by atoms with E-state index < -0.39 is 5.41 Å². The van der Waals surface area contributed by atoms with Crippen molar-refractivity contribution in [2.75, 3.05) is 11.4 Å². The molecule has 5 nitrogen and oxygen atoms in total. The molecule has 1 aromatic rings. The van der Waals surface area contributed by atoms with Crippen LogP contribution in [0.1, 0.15) is 31.7 Å². The van der Waals surface area contributed by atoms with Gasteiger partial charge in [0.15, 0.2) is 5.84 Å². The maximum Gasteiger partial charge on any atom is 0.240 e. The molecular weight excluding hydrogens is 266 g/mol. The van der Waals surface area contributed by atoms with Crippen LogP contribution in [-0.4, -0.2) is 23.5 Å². The molecule has 1 amide bonds. The van der Waals surface area contributed by atoms with E-state index in [9.17, 15) is 4.79 Å². The number of amides is 1. The highest BCUT2D eigenvalue weighted by molar-refractivity contribution is 6.14. The summed E-state index contributed by atoms with van der Waals surface area (Å²) in [5.41, 5.74) is 7.20. The first-order chi connectivity index (χ1) is 10.1. The van der Waals surface area contributed by atoms with E-state index in [1.165, 1.54) is 5.56 Å². The fourth-order valence-electron chi connectivity index (χ4n) is 3.72. The first kappa shape index (κ1) is 13.9. The molecule has 3 rings (SSSR count). The molecule has 1 aliphatic carbocycles. The Morgan fingerprint density at radius 2 is 2.14 bits per heavy atom. The van der Waals surface area contributed by atoms with Gasteiger partial charge in [0.05, 0.1) is 0 Å². The third kappa shape index (κ3) is 2.07. The van der Waals surface area contributed by atoms with E-state index in [0.717, 1.165) is 18.5 Å². The van der Waals surface area contributed by atoms with Crippen LogP contribution < -0.4 is 10.6 Å². The largest absolute Gasteiger partial charge is 0.409 e. The average Bonchev–Trinajstić information content (AvgIpc) is 2.49. The molecule has 1 aromatic carbocycles. The summed E-state index contributed by atoms with van der Waals surface area (Å²) in [6.45, 7) is 2.78. The van der Waals surface area contributed by atoms with Gasteiger partial charge in [-0.05, 0) is 43.2 Å². The Bertz CT molecular complexity index is 591. The lowest BCUT2D eigenvalue weighted by molar-refractivity contribution is -0.130. The first-order valence-corrected chi connectivity index (χ1v) is 7.46.